The van der Waals surface area contributed by atoms with Crippen molar-refractivity contribution in [2.45, 2.75) is 57.8 Å². The molecule has 0 radical (unpaired) electrons. The third-order valence-corrected chi connectivity index (χ3v) is 7.55. The molecule has 1 N–H and O–H groups in total. The number of carbonyl (C=O) groups is 1. The van der Waals surface area contributed by atoms with Gasteiger partial charge >= 0.3 is 5.97 Å². The van der Waals surface area contributed by atoms with Crippen LogP contribution in [0.25, 0.3) is 12.2 Å². The Balaban J connectivity index is 1.78. The van der Waals surface area contributed by atoms with E-state index < -0.39 is 5.97 Å². The first-order valence-electron chi connectivity index (χ1n) is 10.9. The molecule has 1 aliphatic rings. The van der Waals surface area contributed by atoms with Crippen molar-refractivity contribution in [1.29, 1.82) is 0 Å². The first-order chi connectivity index (χ1) is 14.7. The van der Waals surface area contributed by atoms with Gasteiger partial charge in [0.25, 0.3) is 0 Å². The molecule has 3 aromatic rings. The van der Waals surface area contributed by atoms with Gasteiger partial charge in [-0.15, -0.1) is 11.3 Å². The van der Waals surface area contributed by atoms with Crippen molar-refractivity contribution in [3.05, 3.63) is 92.2 Å². The van der Waals surface area contributed by atoms with Crippen molar-refractivity contribution >= 4 is 29.5 Å². The van der Waals surface area contributed by atoms with Gasteiger partial charge in [-0.25, -0.2) is 4.79 Å². The Kier molecular flexibility index (Phi) is 5.65. The van der Waals surface area contributed by atoms with E-state index in [0.717, 1.165) is 12.0 Å². The van der Waals surface area contributed by atoms with Crippen molar-refractivity contribution in [2.24, 2.45) is 0 Å². The average Bonchev–Trinajstić information content (AvgIpc) is 3.23. The lowest BCUT2D eigenvalue weighted by Crippen LogP contribution is -2.34. The molecule has 0 amide bonds. The van der Waals surface area contributed by atoms with Crippen LogP contribution in [0, 0.1) is 0 Å². The van der Waals surface area contributed by atoms with Crippen LogP contribution in [0.2, 0.25) is 0 Å². The molecule has 0 fully saturated rings. The van der Waals surface area contributed by atoms with Crippen LogP contribution < -0.4 is 0 Å². The van der Waals surface area contributed by atoms with Crippen molar-refractivity contribution in [1.82, 2.24) is 0 Å². The molecule has 2 nitrogen and oxygen atoms in total. The van der Waals surface area contributed by atoms with Crippen molar-refractivity contribution in [3.8, 4) is 0 Å². The fourth-order valence-corrected chi connectivity index (χ4v) is 5.24. The maximum Gasteiger partial charge on any atom is 0.335 e. The zero-order chi connectivity index (χ0) is 22.2. The molecule has 1 aliphatic carbocycles. The molecule has 1 aromatic heterocycles. The molecule has 31 heavy (non-hydrogen) atoms. The predicted octanol–water partition coefficient (Wildman–Crippen LogP) is 7.56. The maximum absolute atomic E-state index is 11.1. The first kappa shape index (κ1) is 21.6. The van der Waals surface area contributed by atoms with Gasteiger partial charge in [-0.1, -0.05) is 70.2 Å². The summed E-state index contributed by atoms with van der Waals surface area (Å²) in [5.74, 6) is -0.895. The molecule has 0 spiro atoms. The van der Waals surface area contributed by atoms with Gasteiger partial charge in [0.1, 0.15) is 0 Å². The summed E-state index contributed by atoms with van der Waals surface area (Å²) in [4.78, 5) is 12.5. The van der Waals surface area contributed by atoms with Gasteiger partial charge in [-0.3, -0.25) is 0 Å². The number of carboxylic acid groups (broad SMARTS) is 1. The standard InChI is InChI=1S/C28H30O2S/c1-27(2)13-14-28(3,4)25-18-22(16-23-6-5-15-31-23)21(17-24(25)27)12-9-19-7-10-20(11-8-19)26(29)30/h5-12,15,17-18H,13-14,16H2,1-4H3,(H,29,30). The van der Waals surface area contributed by atoms with Crippen molar-refractivity contribution in [3.63, 3.8) is 0 Å². The topological polar surface area (TPSA) is 37.3 Å². The van der Waals surface area contributed by atoms with Gasteiger partial charge in [-0.05, 0) is 75.1 Å². The summed E-state index contributed by atoms with van der Waals surface area (Å²) in [5, 5.41) is 11.3. The summed E-state index contributed by atoms with van der Waals surface area (Å²) >= 11 is 1.80. The largest absolute Gasteiger partial charge is 0.478 e. The van der Waals surface area contributed by atoms with E-state index in [9.17, 15) is 4.79 Å². The molecule has 0 atom stereocenters. The zero-order valence-corrected chi connectivity index (χ0v) is 19.6. The predicted molar refractivity (Wildman–Crippen MR) is 131 cm³/mol. The minimum atomic E-state index is -0.895. The molecule has 3 heteroatoms. The molecule has 0 saturated heterocycles. The van der Waals surface area contributed by atoms with Crippen LogP contribution >= 0.6 is 11.3 Å². The molecule has 0 aliphatic heterocycles. The lowest BCUT2D eigenvalue weighted by molar-refractivity contribution is 0.0697. The number of carboxylic acids is 1. The van der Waals surface area contributed by atoms with Crippen LogP contribution in [-0.4, -0.2) is 11.1 Å². The highest BCUT2D eigenvalue weighted by atomic mass is 32.1. The van der Waals surface area contributed by atoms with Crippen molar-refractivity contribution < 1.29 is 9.90 Å². The van der Waals surface area contributed by atoms with Gasteiger partial charge < -0.3 is 5.11 Å². The Bertz CT molecular complexity index is 1120. The second-order valence-electron chi connectivity index (χ2n) is 9.88. The Morgan fingerprint density at radius 1 is 0.968 bits per heavy atom. The van der Waals surface area contributed by atoms with E-state index in [0.29, 0.717) is 5.56 Å². The lowest BCUT2D eigenvalue weighted by Gasteiger charge is -2.42. The fourth-order valence-electron chi connectivity index (χ4n) is 4.51. The number of thiophene rings is 1. The molecule has 160 valence electrons. The highest BCUT2D eigenvalue weighted by Crippen LogP contribution is 2.47. The molecule has 0 unspecified atom stereocenters. The highest BCUT2D eigenvalue weighted by Gasteiger charge is 2.37. The van der Waals surface area contributed by atoms with E-state index in [1.165, 1.54) is 40.0 Å². The second-order valence-corrected chi connectivity index (χ2v) is 10.9. The Morgan fingerprint density at radius 2 is 1.61 bits per heavy atom. The summed E-state index contributed by atoms with van der Waals surface area (Å²) in [6.45, 7) is 9.46. The van der Waals surface area contributed by atoms with E-state index >= 15 is 0 Å². The Morgan fingerprint density at radius 3 is 2.19 bits per heavy atom. The Labute approximate surface area is 189 Å². The van der Waals surface area contributed by atoms with Crippen LogP contribution in [0.15, 0.2) is 53.9 Å². The van der Waals surface area contributed by atoms with E-state index in [-0.39, 0.29) is 10.8 Å². The third-order valence-electron chi connectivity index (χ3n) is 6.67. The number of rotatable bonds is 5. The molecule has 1 heterocycles. The fraction of sp³-hybridized carbons (Fsp3) is 0.321. The van der Waals surface area contributed by atoms with Gasteiger partial charge in [-0.2, -0.15) is 0 Å². The normalized spacial score (nSPS) is 16.9. The molecule has 0 bridgehead atoms. The number of hydrogen-bond donors (Lipinski definition) is 1. The molecule has 2 aromatic carbocycles. The molecular formula is C28H30O2S. The molecule has 0 saturated carbocycles. The minimum absolute atomic E-state index is 0.165. The number of benzene rings is 2. The van der Waals surface area contributed by atoms with Gasteiger partial charge in [0, 0.05) is 11.3 Å². The summed E-state index contributed by atoms with van der Waals surface area (Å²) in [7, 11) is 0. The number of fused-ring (bicyclic) bond motifs is 1. The number of hydrogen-bond acceptors (Lipinski definition) is 2. The van der Waals surface area contributed by atoms with E-state index in [1.807, 2.05) is 12.1 Å². The van der Waals surface area contributed by atoms with Gasteiger partial charge in [0.2, 0.25) is 0 Å². The molecular weight excluding hydrogens is 400 g/mol. The van der Waals surface area contributed by atoms with Crippen LogP contribution in [0.3, 0.4) is 0 Å². The monoisotopic (exact) mass is 430 g/mol. The summed E-state index contributed by atoms with van der Waals surface area (Å²) < 4.78 is 0. The van der Waals surface area contributed by atoms with Crippen LogP contribution in [0.4, 0.5) is 0 Å². The highest BCUT2D eigenvalue weighted by molar-refractivity contribution is 7.09. The smallest absolute Gasteiger partial charge is 0.335 e. The van der Waals surface area contributed by atoms with E-state index in [2.05, 4.69) is 69.5 Å². The zero-order valence-electron chi connectivity index (χ0n) is 18.7. The second kappa shape index (κ2) is 8.12. The minimum Gasteiger partial charge on any atom is -0.478 e. The van der Waals surface area contributed by atoms with Gasteiger partial charge in [0.05, 0.1) is 5.56 Å². The third kappa shape index (κ3) is 4.52. The molecule has 4 rings (SSSR count). The summed E-state index contributed by atoms with van der Waals surface area (Å²) in [6.07, 6.45) is 7.61. The quantitative estimate of drug-likeness (QED) is 0.424. The summed E-state index contributed by atoms with van der Waals surface area (Å²) in [6, 6.07) is 16.2. The average molecular weight is 431 g/mol. The van der Waals surface area contributed by atoms with Crippen LogP contribution in [0.1, 0.15) is 83.6 Å². The maximum atomic E-state index is 11.1. The summed E-state index contributed by atoms with van der Waals surface area (Å²) in [5.41, 5.74) is 7.21. The number of aromatic carboxylic acids is 1. The lowest BCUT2D eigenvalue weighted by atomic mass is 9.62. The van der Waals surface area contributed by atoms with Crippen LogP contribution in [-0.2, 0) is 17.3 Å². The van der Waals surface area contributed by atoms with E-state index in [1.54, 1.807) is 23.5 Å². The van der Waals surface area contributed by atoms with Crippen LogP contribution in [0.5, 0.6) is 0 Å². The Hall–Kier alpha value is -2.65. The first-order valence-corrected chi connectivity index (χ1v) is 11.8. The van der Waals surface area contributed by atoms with Crippen molar-refractivity contribution in [2.75, 3.05) is 0 Å². The van der Waals surface area contributed by atoms with E-state index in [4.69, 9.17) is 5.11 Å². The SMILES string of the molecule is CC1(C)CCC(C)(C)c2cc(Cc3cccs3)c(C=Cc3ccc(C(=O)O)cc3)cc21. The van der Waals surface area contributed by atoms with Gasteiger partial charge in [0.15, 0.2) is 0 Å².